The van der Waals surface area contributed by atoms with Crippen molar-refractivity contribution in [3.8, 4) is 0 Å². The molecule has 21 heavy (non-hydrogen) atoms. The Morgan fingerprint density at radius 1 is 1.38 bits per heavy atom. The summed E-state index contributed by atoms with van der Waals surface area (Å²) in [6.07, 6.45) is 5.97. The summed E-state index contributed by atoms with van der Waals surface area (Å²) in [6.45, 7) is 2.68. The maximum absolute atomic E-state index is 10.6. The third kappa shape index (κ3) is 6.64. The summed E-state index contributed by atoms with van der Waals surface area (Å²) < 4.78 is 0. The predicted octanol–water partition coefficient (Wildman–Crippen LogP) is 2.47. The van der Waals surface area contributed by atoms with Crippen molar-refractivity contribution >= 4 is 17.6 Å². The van der Waals surface area contributed by atoms with Gasteiger partial charge in [-0.2, -0.15) is 0 Å². The highest BCUT2D eigenvalue weighted by molar-refractivity contribution is 5.66. The highest BCUT2D eigenvalue weighted by Crippen LogP contribution is 2.18. The molecule has 0 aliphatic carbocycles. The van der Waals surface area contributed by atoms with E-state index in [4.69, 9.17) is 5.11 Å². The van der Waals surface area contributed by atoms with Crippen molar-refractivity contribution in [2.24, 2.45) is 5.92 Å². The van der Waals surface area contributed by atoms with Crippen molar-refractivity contribution in [2.75, 3.05) is 11.9 Å². The highest BCUT2D eigenvalue weighted by Gasteiger charge is 2.11. The molecule has 2 N–H and O–H groups in total. The number of hydrogen-bond acceptors (Lipinski definition) is 6. The maximum atomic E-state index is 10.6. The van der Waals surface area contributed by atoms with Gasteiger partial charge in [-0.1, -0.05) is 19.8 Å². The minimum Gasteiger partial charge on any atom is -0.481 e. The van der Waals surface area contributed by atoms with Gasteiger partial charge < -0.3 is 10.4 Å². The SMILES string of the molecule is CCCC(CCNc1ncc([N+](=O)[O-])cn1)CCC(=O)O. The number of anilines is 1. The van der Waals surface area contributed by atoms with Crippen LogP contribution in [0.4, 0.5) is 11.6 Å². The van der Waals surface area contributed by atoms with Crippen LogP contribution in [0.15, 0.2) is 12.4 Å². The number of carboxylic acid groups (broad SMARTS) is 1. The van der Waals surface area contributed by atoms with Crippen LogP contribution >= 0.6 is 0 Å². The number of hydrogen-bond donors (Lipinski definition) is 2. The molecule has 0 saturated carbocycles. The van der Waals surface area contributed by atoms with Crippen molar-refractivity contribution in [2.45, 2.75) is 39.0 Å². The Balaban J connectivity index is 2.38. The van der Waals surface area contributed by atoms with Gasteiger partial charge in [0.25, 0.3) is 0 Å². The minimum atomic E-state index is -0.775. The van der Waals surface area contributed by atoms with Crippen LogP contribution < -0.4 is 5.32 Å². The van der Waals surface area contributed by atoms with Crippen molar-refractivity contribution < 1.29 is 14.8 Å². The molecule has 1 aromatic heterocycles. The van der Waals surface area contributed by atoms with Crippen LogP contribution in [0.1, 0.15) is 39.0 Å². The number of nitrogens with zero attached hydrogens (tertiary/aromatic N) is 3. The third-order valence-corrected chi connectivity index (χ3v) is 3.15. The van der Waals surface area contributed by atoms with Crippen LogP contribution in [-0.4, -0.2) is 32.5 Å². The monoisotopic (exact) mass is 296 g/mol. The molecule has 0 aromatic carbocycles. The molecule has 116 valence electrons. The van der Waals surface area contributed by atoms with Gasteiger partial charge >= 0.3 is 11.7 Å². The van der Waals surface area contributed by atoms with E-state index in [1.165, 1.54) is 0 Å². The van der Waals surface area contributed by atoms with Gasteiger partial charge in [-0.05, 0) is 18.8 Å². The number of aliphatic carboxylic acids is 1. The molecule has 0 saturated heterocycles. The fourth-order valence-electron chi connectivity index (χ4n) is 2.06. The summed E-state index contributed by atoms with van der Waals surface area (Å²) in [4.78, 5) is 28.2. The summed E-state index contributed by atoms with van der Waals surface area (Å²) >= 11 is 0. The molecule has 0 aliphatic rings. The van der Waals surface area contributed by atoms with Crippen LogP contribution in [0.5, 0.6) is 0 Å². The largest absolute Gasteiger partial charge is 0.481 e. The first-order valence-corrected chi connectivity index (χ1v) is 6.95. The van der Waals surface area contributed by atoms with E-state index in [0.29, 0.717) is 24.8 Å². The van der Waals surface area contributed by atoms with E-state index in [2.05, 4.69) is 22.2 Å². The fourth-order valence-corrected chi connectivity index (χ4v) is 2.06. The second-order valence-electron chi connectivity index (χ2n) is 4.82. The lowest BCUT2D eigenvalue weighted by Gasteiger charge is -2.15. The summed E-state index contributed by atoms with van der Waals surface area (Å²) in [6, 6.07) is 0. The summed E-state index contributed by atoms with van der Waals surface area (Å²) in [5.41, 5.74) is -0.147. The zero-order valence-electron chi connectivity index (χ0n) is 12.0. The van der Waals surface area contributed by atoms with Crippen LogP contribution in [0.3, 0.4) is 0 Å². The van der Waals surface area contributed by atoms with Crippen LogP contribution in [-0.2, 0) is 4.79 Å². The molecule has 1 aromatic rings. The fraction of sp³-hybridized carbons (Fsp3) is 0.615. The Bertz CT molecular complexity index is 464. The number of aromatic nitrogens is 2. The third-order valence-electron chi connectivity index (χ3n) is 3.15. The second-order valence-corrected chi connectivity index (χ2v) is 4.82. The predicted molar refractivity (Wildman–Crippen MR) is 77.1 cm³/mol. The van der Waals surface area contributed by atoms with Crippen molar-refractivity contribution in [1.29, 1.82) is 0 Å². The lowest BCUT2D eigenvalue weighted by atomic mass is 9.94. The maximum Gasteiger partial charge on any atom is 0.305 e. The van der Waals surface area contributed by atoms with Gasteiger partial charge in [-0.15, -0.1) is 0 Å². The number of nitro groups is 1. The Labute approximate surface area is 122 Å². The van der Waals surface area contributed by atoms with E-state index in [-0.39, 0.29) is 12.1 Å². The molecule has 0 amide bonds. The van der Waals surface area contributed by atoms with Gasteiger partial charge in [-0.25, -0.2) is 9.97 Å². The van der Waals surface area contributed by atoms with Crippen LogP contribution in [0.2, 0.25) is 0 Å². The Kier molecular flexibility index (Phi) is 7.06. The first kappa shape index (κ1) is 16.8. The first-order chi connectivity index (χ1) is 10.0. The molecule has 1 unspecified atom stereocenters. The Hall–Kier alpha value is -2.25. The molecular weight excluding hydrogens is 276 g/mol. The Morgan fingerprint density at radius 2 is 2.05 bits per heavy atom. The summed E-state index contributed by atoms with van der Waals surface area (Å²) in [5, 5.41) is 22.2. The molecule has 8 heteroatoms. The zero-order valence-corrected chi connectivity index (χ0v) is 12.0. The van der Waals surface area contributed by atoms with Crippen LogP contribution in [0, 0.1) is 16.0 Å². The van der Waals surface area contributed by atoms with Gasteiger partial charge in [0.2, 0.25) is 5.95 Å². The molecule has 0 bridgehead atoms. The average Bonchev–Trinajstić information content (AvgIpc) is 2.45. The molecule has 0 radical (unpaired) electrons. The molecule has 8 nitrogen and oxygen atoms in total. The van der Waals surface area contributed by atoms with Gasteiger partial charge in [0, 0.05) is 13.0 Å². The molecule has 0 spiro atoms. The van der Waals surface area contributed by atoms with Gasteiger partial charge in [-0.3, -0.25) is 14.9 Å². The molecule has 1 heterocycles. The van der Waals surface area contributed by atoms with Crippen LogP contribution in [0.25, 0.3) is 0 Å². The highest BCUT2D eigenvalue weighted by atomic mass is 16.6. The van der Waals surface area contributed by atoms with E-state index in [0.717, 1.165) is 31.7 Å². The lowest BCUT2D eigenvalue weighted by molar-refractivity contribution is -0.385. The average molecular weight is 296 g/mol. The first-order valence-electron chi connectivity index (χ1n) is 6.95. The summed E-state index contributed by atoms with van der Waals surface area (Å²) in [5.74, 6) is -0.0894. The van der Waals surface area contributed by atoms with E-state index >= 15 is 0 Å². The number of rotatable bonds is 10. The molecule has 1 rings (SSSR count). The summed E-state index contributed by atoms with van der Waals surface area (Å²) in [7, 11) is 0. The normalized spacial score (nSPS) is 11.9. The number of nitrogens with one attached hydrogen (secondary N) is 1. The molecule has 0 fully saturated rings. The smallest absolute Gasteiger partial charge is 0.305 e. The second kappa shape index (κ2) is 8.83. The molecule has 0 aliphatic heterocycles. The van der Waals surface area contributed by atoms with Gasteiger partial charge in [0.15, 0.2) is 0 Å². The van der Waals surface area contributed by atoms with E-state index < -0.39 is 10.9 Å². The van der Waals surface area contributed by atoms with Crippen molar-refractivity contribution in [3.63, 3.8) is 0 Å². The topological polar surface area (TPSA) is 118 Å². The number of carbonyl (C=O) groups is 1. The quantitative estimate of drug-likeness (QED) is 0.503. The number of carboxylic acids is 1. The zero-order chi connectivity index (χ0) is 15.7. The van der Waals surface area contributed by atoms with Gasteiger partial charge in [0.05, 0.1) is 4.92 Å². The minimum absolute atomic E-state index is 0.147. The Morgan fingerprint density at radius 3 is 2.57 bits per heavy atom. The lowest BCUT2D eigenvalue weighted by Crippen LogP contribution is -2.12. The van der Waals surface area contributed by atoms with E-state index in [1.807, 2.05) is 0 Å². The van der Waals surface area contributed by atoms with Crippen molar-refractivity contribution in [3.05, 3.63) is 22.5 Å². The van der Waals surface area contributed by atoms with Gasteiger partial charge in [0.1, 0.15) is 12.4 Å². The standard InChI is InChI=1S/C13H20N4O4/c1-2-3-10(4-5-12(18)19)6-7-14-13-15-8-11(9-16-13)17(20)21/h8-10H,2-7H2,1H3,(H,18,19)(H,14,15,16). The molecule has 1 atom stereocenters. The molecular formula is C13H20N4O4. The van der Waals surface area contributed by atoms with E-state index in [9.17, 15) is 14.9 Å². The van der Waals surface area contributed by atoms with E-state index in [1.54, 1.807) is 0 Å². The van der Waals surface area contributed by atoms with Crippen molar-refractivity contribution in [1.82, 2.24) is 9.97 Å².